The fourth-order valence-electron chi connectivity index (χ4n) is 1.47. The van der Waals surface area contributed by atoms with Crippen LogP contribution in [0.2, 0.25) is 0 Å². The molecule has 2 aromatic heterocycles. The molecule has 0 radical (unpaired) electrons. The Kier molecular flexibility index (Phi) is 2.47. The smallest absolute Gasteiger partial charge is 0.161 e. The SMILES string of the molecule is Cc1nc(C)n(-c2ncccc2CO)n1. The molecule has 0 aromatic carbocycles. The number of aromatic nitrogens is 4. The molecule has 0 amide bonds. The molecule has 5 nitrogen and oxygen atoms in total. The Morgan fingerprint density at radius 1 is 1.40 bits per heavy atom. The Morgan fingerprint density at radius 3 is 2.80 bits per heavy atom. The van der Waals surface area contributed by atoms with E-state index in [0.29, 0.717) is 11.6 Å². The zero-order chi connectivity index (χ0) is 10.8. The summed E-state index contributed by atoms with van der Waals surface area (Å²) >= 11 is 0. The zero-order valence-corrected chi connectivity index (χ0v) is 8.68. The van der Waals surface area contributed by atoms with E-state index in [2.05, 4.69) is 15.1 Å². The molecule has 15 heavy (non-hydrogen) atoms. The number of hydrogen-bond acceptors (Lipinski definition) is 4. The first kappa shape index (κ1) is 9.79. The maximum absolute atomic E-state index is 9.18. The van der Waals surface area contributed by atoms with Gasteiger partial charge in [-0.15, -0.1) is 5.10 Å². The van der Waals surface area contributed by atoms with Gasteiger partial charge in [0.2, 0.25) is 0 Å². The minimum Gasteiger partial charge on any atom is -0.392 e. The average molecular weight is 204 g/mol. The molecule has 2 rings (SSSR count). The van der Waals surface area contributed by atoms with Gasteiger partial charge >= 0.3 is 0 Å². The van der Waals surface area contributed by atoms with E-state index in [-0.39, 0.29) is 6.61 Å². The lowest BCUT2D eigenvalue weighted by molar-refractivity contribution is 0.280. The topological polar surface area (TPSA) is 63.8 Å². The second-order valence-electron chi connectivity index (χ2n) is 3.26. The van der Waals surface area contributed by atoms with Crippen LogP contribution in [-0.4, -0.2) is 24.9 Å². The molecule has 0 saturated carbocycles. The Labute approximate surface area is 87.4 Å². The lowest BCUT2D eigenvalue weighted by Gasteiger charge is -2.05. The lowest BCUT2D eigenvalue weighted by atomic mass is 10.3. The third-order valence-electron chi connectivity index (χ3n) is 2.11. The molecule has 1 N–H and O–H groups in total. The van der Waals surface area contributed by atoms with Crippen molar-refractivity contribution in [2.45, 2.75) is 20.5 Å². The Bertz CT molecular complexity index is 478. The Balaban J connectivity index is 2.58. The number of aryl methyl sites for hydroxylation is 2. The molecule has 0 unspecified atom stereocenters. The highest BCUT2D eigenvalue weighted by atomic mass is 16.3. The third kappa shape index (κ3) is 1.73. The highest BCUT2D eigenvalue weighted by Crippen LogP contribution is 2.12. The van der Waals surface area contributed by atoms with Crippen LogP contribution in [0.1, 0.15) is 17.2 Å². The van der Waals surface area contributed by atoms with E-state index in [1.165, 1.54) is 0 Å². The highest BCUT2D eigenvalue weighted by molar-refractivity contribution is 5.32. The largest absolute Gasteiger partial charge is 0.392 e. The van der Waals surface area contributed by atoms with Crippen LogP contribution in [0, 0.1) is 13.8 Å². The van der Waals surface area contributed by atoms with Gasteiger partial charge in [0.25, 0.3) is 0 Å². The second-order valence-corrected chi connectivity index (χ2v) is 3.26. The van der Waals surface area contributed by atoms with Crippen LogP contribution in [0.25, 0.3) is 5.82 Å². The Morgan fingerprint density at radius 2 is 2.20 bits per heavy atom. The summed E-state index contributed by atoms with van der Waals surface area (Å²) in [6.45, 7) is 3.63. The average Bonchev–Trinajstić information content (AvgIpc) is 2.57. The van der Waals surface area contributed by atoms with E-state index in [1.807, 2.05) is 19.9 Å². The first-order valence-electron chi connectivity index (χ1n) is 4.67. The molecule has 2 aromatic rings. The fraction of sp³-hybridized carbons (Fsp3) is 0.300. The van der Waals surface area contributed by atoms with Crippen molar-refractivity contribution in [1.29, 1.82) is 0 Å². The van der Waals surface area contributed by atoms with Gasteiger partial charge < -0.3 is 5.11 Å². The first-order chi connectivity index (χ1) is 7.22. The summed E-state index contributed by atoms with van der Waals surface area (Å²) in [5.74, 6) is 2.10. The minimum atomic E-state index is -0.0540. The van der Waals surface area contributed by atoms with Crippen molar-refractivity contribution in [3.05, 3.63) is 35.5 Å². The van der Waals surface area contributed by atoms with Crippen molar-refractivity contribution in [3.63, 3.8) is 0 Å². The van der Waals surface area contributed by atoms with E-state index in [1.54, 1.807) is 16.9 Å². The molecule has 78 valence electrons. The third-order valence-corrected chi connectivity index (χ3v) is 2.11. The van der Waals surface area contributed by atoms with Gasteiger partial charge in [0, 0.05) is 11.8 Å². The van der Waals surface area contributed by atoms with Gasteiger partial charge in [0.1, 0.15) is 11.6 Å². The quantitative estimate of drug-likeness (QED) is 0.784. The van der Waals surface area contributed by atoms with Gasteiger partial charge in [-0.25, -0.2) is 9.97 Å². The van der Waals surface area contributed by atoms with Crippen molar-refractivity contribution in [2.75, 3.05) is 0 Å². The lowest BCUT2D eigenvalue weighted by Crippen LogP contribution is -2.06. The van der Waals surface area contributed by atoms with Crippen molar-refractivity contribution >= 4 is 0 Å². The van der Waals surface area contributed by atoms with Crippen molar-refractivity contribution in [1.82, 2.24) is 19.7 Å². The van der Waals surface area contributed by atoms with Crippen LogP contribution < -0.4 is 0 Å². The fourth-order valence-corrected chi connectivity index (χ4v) is 1.47. The minimum absolute atomic E-state index is 0.0540. The number of nitrogens with zero attached hydrogens (tertiary/aromatic N) is 4. The summed E-state index contributed by atoms with van der Waals surface area (Å²) in [5, 5.41) is 13.4. The molecular weight excluding hydrogens is 192 g/mol. The van der Waals surface area contributed by atoms with Crippen molar-refractivity contribution in [2.24, 2.45) is 0 Å². The second kappa shape index (κ2) is 3.78. The number of hydrogen-bond donors (Lipinski definition) is 1. The van der Waals surface area contributed by atoms with Gasteiger partial charge in [-0.3, -0.25) is 0 Å². The van der Waals surface area contributed by atoms with Crippen LogP contribution in [0.5, 0.6) is 0 Å². The predicted molar refractivity (Wildman–Crippen MR) is 54.6 cm³/mol. The normalized spacial score (nSPS) is 10.6. The van der Waals surface area contributed by atoms with Crippen LogP contribution in [0.15, 0.2) is 18.3 Å². The first-order valence-corrected chi connectivity index (χ1v) is 4.67. The molecular formula is C10H12N4O. The summed E-state index contributed by atoms with van der Waals surface area (Å²) in [6, 6.07) is 3.60. The van der Waals surface area contributed by atoms with Crippen LogP contribution >= 0.6 is 0 Å². The maximum atomic E-state index is 9.18. The summed E-state index contributed by atoms with van der Waals surface area (Å²) < 4.78 is 1.64. The van der Waals surface area contributed by atoms with Crippen LogP contribution in [0.3, 0.4) is 0 Å². The van der Waals surface area contributed by atoms with Crippen molar-refractivity contribution in [3.8, 4) is 5.82 Å². The van der Waals surface area contributed by atoms with Gasteiger partial charge in [0.15, 0.2) is 5.82 Å². The molecule has 2 heterocycles. The molecule has 0 bridgehead atoms. The van der Waals surface area contributed by atoms with Crippen LogP contribution in [-0.2, 0) is 6.61 Å². The number of aliphatic hydroxyl groups excluding tert-OH is 1. The molecule has 0 fully saturated rings. The van der Waals surface area contributed by atoms with Gasteiger partial charge in [-0.2, -0.15) is 4.68 Å². The van der Waals surface area contributed by atoms with Crippen LogP contribution in [0.4, 0.5) is 0 Å². The van der Waals surface area contributed by atoms with E-state index >= 15 is 0 Å². The van der Waals surface area contributed by atoms with Gasteiger partial charge in [-0.05, 0) is 19.9 Å². The van der Waals surface area contributed by atoms with Gasteiger partial charge in [0.05, 0.1) is 6.61 Å². The highest BCUT2D eigenvalue weighted by Gasteiger charge is 2.09. The van der Waals surface area contributed by atoms with E-state index in [4.69, 9.17) is 0 Å². The monoisotopic (exact) mass is 204 g/mol. The molecule has 0 aliphatic heterocycles. The van der Waals surface area contributed by atoms with E-state index in [9.17, 15) is 5.11 Å². The molecule has 5 heteroatoms. The van der Waals surface area contributed by atoms with Gasteiger partial charge in [-0.1, -0.05) is 6.07 Å². The standard InChI is InChI=1S/C10H12N4O/c1-7-12-8(2)14(13-7)10-9(6-15)4-3-5-11-10/h3-5,15H,6H2,1-2H3. The van der Waals surface area contributed by atoms with E-state index in [0.717, 1.165) is 11.4 Å². The summed E-state index contributed by atoms with van der Waals surface area (Å²) in [4.78, 5) is 8.39. The molecule has 0 aliphatic rings. The molecule has 0 aliphatic carbocycles. The van der Waals surface area contributed by atoms with Crippen molar-refractivity contribution < 1.29 is 5.11 Å². The predicted octanol–water partition coefficient (Wildman–Crippen LogP) is 0.771. The number of rotatable bonds is 2. The zero-order valence-electron chi connectivity index (χ0n) is 8.68. The Hall–Kier alpha value is -1.75. The summed E-state index contributed by atoms with van der Waals surface area (Å²) in [7, 11) is 0. The number of pyridine rings is 1. The molecule has 0 atom stereocenters. The maximum Gasteiger partial charge on any atom is 0.161 e. The molecule has 0 spiro atoms. The van der Waals surface area contributed by atoms with E-state index < -0.39 is 0 Å². The number of aliphatic hydroxyl groups is 1. The summed E-state index contributed by atoms with van der Waals surface area (Å²) in [5.41, 5.74) is 0.741. The summed E-state index contributed by atoms with van der Waals surface area (Å²) in [6.07, 6.45) is 1.67. The molecule has 0 saturated heterocycles.